The number of aliphatic hydroxyl groups excluding tert-OH is 2. The number of aliphatic hydroxyl groups is 2. The van der Waals surface area contributed by atoms with E-state index in [1.54, 1.807) is 0 Å². The summed E-state index contributed by atoms with van der Waals surface area (Å²) >= 11 is 0. The van der Waals surface area contributed by atoms with Crippen molar-refractivity contribution < 1.29 is 15.0 Å². The summed E-state index contributed by atoms with van der Waals surface area (Å²) in [4.78, 5) is 14.4. The van der Waals surface area contributed by atoms with E-state index in [2.05, 4.69) is 10.3 Å². The van der Waals surface area contributed by atoms with Crippen LogP contribution in [0.4, 0.5) is 0 Å². The number of hydrogen-bond acceptors (Lipinski definition) is 5. The highest BCUT2D eigenvalue weighted by Crippen LogP contribution is 2.16. The van der Waals surface area contributed by atoms with Gasteiger partial charge in [0.25, 0.3) is 0 Å². The second-order valence-corrected chi connectivity index (χ2v) is 3.57. The number of pyridine rings is 1. The third-order valence-electron chi connectivity index (χ3n) is 2.15. The molecule has 1 amide bonds. The molecule has 17 heavy (non-hydrogen) atoms. The first-order valence-electron chi connectivity index (χ1n) is 5.00. The van der Waals surface area contributed by atoms with Gasteiger partial charge in [0.1, 0.15) is 18.3 Å². The predicted molar refractivity (Wildman–Crippen MR) is 58.6 cm³/mol. The van der Waals surface area contributed by atoms with Crippen LogP contribution in [0.5, 0.6) is 0 Å². The molecule has 0 saturated heterocycles. The van der Waals surface area contributed by atoms with Crippen LogP contribution in [0.2, 0.25) is 0 Å². The van der Waals surface area contributed by atoms with E-state index in [4.69, 9.17) is 5.26 Å². The van der Waals surface area contributed by atoms with E-state index >= 15 is 0 Å². The molecular weight excluding hydrogens is 222 g/mol. The zero-order valence-electron chi connectivity index (χ0n) is 9.29. The van der Waals surface area contributed by atoms with Crippen molar-refractivity contribution in [2.24, 2.45) is 0 Å². The number of nitriles is 1. The monoisotopic (exact) mass is 235 g/mol. The van der Waals surface area contributed by atoms with Crippen LogP contribution < -0.4 is 5.32 Å². The van der Waals surface area contributed by atoms with Crippen molar-refractivity contribution in [3.63, 3.8) is 0 Å². The molecule has 0 aromatic carbocycles. The molecule has 2 atom stereocenters. The van der Waals surface area contributed by atoms with Crippen LogP contribution >= 0.6 is 0 Å². The summed E-state index contributed by atoms with van der Waals surface area (Å²) in [5.74, 6) is -0.292. The summed E-state index contributed by atoms with van der Waals surface area (Å²) in [6.07, 6.45) is 0.385. The molecule has 0 saturated carbocycles. The van der Waals surface area contributed by atoms with Crippen molar-refractivity contribution >= 4 is 5.91 Å². The molecule has 6 heteroatoms. The Bertz CT molecular complexity index is 442. The number of amides is 1. The van der Waals surface area contributed by atoms with E-state index < -0.39 is 12.2 Å². The van der Waals surface area contributed by atoms with Gasteiger partial charge < -0.3 is 15.5 Å². The lowest BCUT2D eigenvalue weighted by Gasteiger charge is -2.18. The van der Waals surface area contributed by atoms with Crippen molar-refractivity contribution in [3.05, 3.63) is 29.6 Å². The highest BCUT2D eigenvalue weighted by molar-refractivity contribution is 5.72. The first-order chi connectivity index (χ1) is 8.04. The van der Waals surface area contributed by atoms with Crippen molar-refractivity contribution in [3.8, 4) is 6.07 Å². The Balaban J connectivity index is 2.71. The van der Waals surface area contributed by atoms with Crippen molar-refractivity contribution in [2.45, 2.75) is 19.1 Å². The molecule has 0 aliphatic heterocycles. The molecule has 1 heterocycles. The number of carbonyl (C=O) groups excluding carboxylic acids is 1. The van der Waals surface area contributed by atoms with Crippen LogP contribution in [0.1, 0.15) is 24.2 Å². The summed E-state index contributed by atoms with van der Waals surface area (Å²) in [5.41, 5.74) is 0.634. The van der Waals surface area contributed by atoms with Gasteiger partial charge >= 0.3 is 0 Å². The lowest BCUT2D eigenvalue weighted by molar-refractivity contribution is -0.119. The largest absolute Gasteiger partial charge is 0.388 e. The topological polar surface area (TPSA) is 106 Å². The fourth-order valence-corrected chi connectivity index (χ4v) is 1.26. The fraction of sp³-hybridized carbons (Fsp3) is 0.364. The Morgan fingerprint density at radius 3 is 2.88 bits per heavy atom. The molecule has 1 rings (SSSR count). The zero-order chi connectivity index (χ0) is 12.8. The van der Waals surface area contributed by atoms with E-state index in [0.29, 0.717) is 11.1 Å². The highest BCUT2D eigenvalue weighted by atomic mass is 16.3. The maximum Gasteiger partial charge on any atom is 0.216 e. The SMILES string of the molecule is CC(=O)NCC(O)C(O)c1cncc(C#N)c1. The molecule has 90 valence electrons. The standard InChI is InChI=1S/C11H13N3O3/c1-7(15)14-6-10(16)11(17)9-2-8(3-12)4-13-5-9/h2,4-5,10-11,16-17H,6H2,1H3,(H,14,15). The maximum absolute atomic E-state index is 10.6. The van der Waals surface area contributed by atoms with Crippen LogP contribution in [-0.2, 0) is 4.79 Å². The second-order valence-electron chi connectivity index (χ2n) is 3.57. The normalized spacial score (nSPS) is 13.5. The van der Waals surface area contributed by atoms with Crippen LogP contribution in [0.25, 0.3) is 0 Å². The molecular formula is C11H13N3O3. The highest BCUT2D eigenvalue weighted by Gasteiger charge is 2.19. The molecule has 0 aliphatic rings. The minimum Gasteiger partial charge on any atom is -0.388 e. The number of hydrogen-bond donors (Lipinski definition) is 3. The number of rotatable bonds is 4. The summed E-state index contributed by atoms with van der Waals surface area (Å²) in [6, 6.07) is 3.33. The molecule has 0 aliphatic carbocycles. The first-order valence-corrected chi connectivity index (χ1v) is 5.00. The van der Waals surface area contributed by atoms with Gasteiger partial charge in [-0.3, -0.25) is 9.78 Å². The molecule has 6 nitrogen and oxygen atoms in total. The van der Waals surface area contributed by atoms with Crippen LogP contribution in [0, 0.1) is 11.3 Å². The lowest BCUT2D eigenvalue weighted by Crippen LogP contribution is -2.34. The number of nitrogens with one attached hydrogen (secondary N) is 1. The second kappa shape index (κ2) is 5.94. The van der Waals surface area contributed by atoms with Gasteiger partial charge in [0.05, 0.1) is 5.56 Å². The summed E-state index contributed by atoms with van der Waals surface area (Å²) in [6.45, 7) is 1.25. The van der Waals surface area contributed by atoms with Gasteiger partial charge in [0, 0.05) is 31.4 Å². The van der Waals surface area contributed by atoms with E-state index in [1.807, 2.05) is 6.07 Å². The quantitative estimate of drug-likeness (QED) is 0.651. The van der Waals surface area contributed by atoms with Gasteiger partial charge in [-0.25, -0.2) is 0 Å². The van der Waals surface area contributed by atoms with Crippen LogP contribution in [0.15, 0.2) is 18.5 Å². The smallest absolute Gasteiger partial charge is 0.216 e. The molecule has 3 N–H and O–H groups in total. The Kier molecular flexibility index (Phi) is 4.57. The average molecular weight is 235 g/mol. The van der Waals surface area contributed by atoms with Crippen molar-refractivity contribution in [1.29, 1.82) is 5.26 Å². The molecule has 0 radical (unpaired) electrons. The van der Waals surface area contributed by atoms with Crippen molar-refractivity contribution in [2.75, 3.05) is 6.54 Å². The number of nitrogens with zero attached hydrogens (tertiary/aromatic N) is 2. The van der Waals surface area contributed by atoms with Crippen LogP contribution in [0.3, 0.4) is 0 Å². The first kappa shape index (κ1) is 13.1. The van der Waals surface area contributed by atoms with Gasteiger partial charge in [-0.2, -0.15) is 5.26 Å². The van der Waals surface area contributed by atoms with Gasteiger partial charge in [0.15, 0.2) is 0 Å². The Labute approximate surface area is 98.5 Å². The van der Waals surface area contributed by atoms with Crippen LogP contribution in [-0.4, -0.2) is 33.8 Å². The molecule has 2 unspecified atom stereocenters. The molecule has 0 fully saturated rings. The maximum atomic E-state index is 10.6. The van der Waals surface area contributed by atoms with E-state index in [0.717, 1.165) is 0 Å². The zero-order valence-corrected chi connectivity index (χ0v) is 9.29. The molecule has 1 aromatic heterocycles. The van der Waals surface area contributed by atoms with Gasteiger partial charge in [-0.15, -0.1) is 0 Å². The Morgan fingerprint density at radius 2 is 2.29 bits per heavy atom. The third-order valence-corrected chi connectivity index (χ3v) is 2.15. The minimum atomic E-state index is -1.19. The Morgan fingerprint density at radius 1 is 1.59 bits per heavy atom. The van der Waals surface area contributed by atoms with E-state index in [9.17, 15) is 15.0 Å². The Hall–Kier alpha value is -1.97. The average Bonchev–Trinajstić information content (AvgIpc) is 2.35. The number of carbonyl (C=O) groups is 1. The van der Waals surface area contributed by atoms with Gasteiger partial charge in [-0.05, 0) is 6.07 Å². The van der Waals surface area contributed by atoms with E-state index in [1.165, 1.54) is 25.4 Å². The minimum absolute atomic E-state index is 0.0622. The number of aromatic nitrogens is 1. The third kappa shape index (κ3) is 3.83. The lowest BCUT2D eigenvalue weighted by atomic mass is 10.1. The fourth-order valence-electron chi connectivity index (χ4n) is 1.26. The summed E-state index contributed by atoms with van der Waals surface area (Å²) in [5, 5.41) is 30.4. The van der Waals surface area contributed by atoms with Gasteiger partial charge in [-0.1, -0.05) is 0 Å². The molecule has 0 bridgehead atoms. The predicted octanol–water partition coefficient (Wildman–Crippen LogP) is -0.516. The molecule has 1 aromatic rings. The summed E-state index contributed by atoms with van der Waals surface area (Å²) < 4.78 is 0. The van der Waals surface area contributed by atoms with Gasteiger partial charge in [0.2, 0.25) is 5.91 Å². The summed E-state index contributed by atoms with van der Waals surface area (Å²) in [7, 11) is 0. The van der Waals surface area contributed by atoms with E-state index in [-0.39, 0.29) is 12.5 Å². The molecule has 0 spiro atoms. The van der Waals surface area contributed by atoms with Crippen molar-refractivity contribution in [1.82, 2.24) is 10.3 Å².